The minimum absolute atomic E-state index is 0.136. The van der Waals surface area contributed by atoms with Crippen molar-refractivity contribution in [2.75, 3.05) is 6.54 Å². The molecule has 1 aliphatic rings. The van der Waals surface area contributed by atoms with Crippen molar-refractivity contribution in [2.24, 2.45) is 5.92 Å². The third kappa shape index (κ3) is 4.69. The van der Waals surface area contributed by atoms with Gasteiger partial charge in [0.05, 0.1) is 17.4 Å². The fraction of sp³-hybridized carbons (Fsp3) is 0.226. The van der Waals surface area contributed by atoms with E-state index in [0.717, 1.165) is 69.4 Å². The number of benzene rings is 1. The summed E-state index contributed by atoms with van der Waals surface area (Å²) >= 11 is 0. The van der Waals surface area contributed by atoms with Crippen molar-refractivity contribution in [3.05, 3.63) is 78.8 Å². The van der Waals surface area contributed by atoms with Crippen molar-refractivity contribution < 1.29 is 9.50 Å². The molecule has 4 N–H and O–H groups in total. The number of phenols is 1. The number of phenolic OH excluding ortho intramolecular Hbond substituents is 1. The van der Waals surface area contributed by atoms with Gasteiger partial charge in [0.15, 0.2) is 5.65 Å². The molecule has 1 fully saturated rings. The zero-order valence-corrected chi connectivity index (χ0v) is 21.8. The molecule has 0 saturated heterocycles. The molecule has 1 aliphatic carbocycles. The Morgan fingerprint density at radius 1 is 0.875 bits per heavy atom. The highest BCUT2D eigenvalue weighted by Gasteiger charge is 2.17. The molecule has 0 atom stereocenters. The van der Waals surface area contributed by atoms with Gasteiger partial charge in [0, 0.05) is 64.9 Å². The van der Waals surface area contributed by atoms with Gasteiger partial charge in [0.2, 0.25) is 0 Å². The topological polar surface area (TPSA) is 115 Å². The normalized spacial score (nSPS) is 14.0. The first kappa shape index (κ1) is 24.4. The van der Waals surface area contributed by atoms with Crippen LogP contribution in [0.15, 0.2) is 67.4 Å². The van der Waals surface area contributed by atoms with Crippen LogP contribution in [-0.4, -0.2) is 41.8 Å². The Bertz CT molecular complexity index is 1820. The van der Waals surface area contributed by atoms with Gasteiger partial charge in [0.1, 0.15) is 17.3 Å². The molecule has 1 aromatic carbocycles. The predicted octanol–water partition coefficient (Wildman–Crippen LogP) is 6.35. The van der Waals surface area contributed by atoms with Gasteiger partial charge in [-0.1, -0.05) is 12.8 Å². The molecule has 0 aliphatic heterocycles. The Morgan fingerprint density at radius 2 is 1.73 bits per heavy atom. The molecule has 8 nitrogen and oxygen atoms in total. The Labute approximate surface area is 229 Å². The number of aromatic amines is 2. The van der Waals surface area contributed by atoms with E-state index in [1.807, 2.05) is 24.7 Å². The fourth-order valence-corrected chi connectivity index (χ4v) is 5.78. The zero-order chi connectivity index (χ0) is 27.1. The molecule has 5 heterocycles. The van der Waals surface area contributed by atoms with Gasteiger partial charge in [-0.15, -0.1) is 0 Å². The van der Waals surface area contributed by atoms with Gasteiger partial charge in [-0.25, -0.2) is 9.37 Å². The summed E-state index contributed by atoms with van der Waals surface area (Å²) in [7, 11) is 0. The van der Waals surface area contributed by atoms with Crippen LogP contribution in [0.5, 0.6) is 5.75 Å². The quantitative estimate of drug-likeness (QED) is 0.190. The first-order valence-electron chi connectivity index (χ1n) is 13.6. The van der Waals surface area contributed by atoms with Crippen molar-refractivity contribution in [1.82, 2.24) is 35.5 Å². The Hall–Kier alpha value is -4.63. The van der Waals surface area contributed by atoms with E-state index in [4.69, 9.17) is 0 Å². The number of halogens is 1. The van der Waals surface area contributed by atoms with E-state index >= 15 is 0 Å². The molecule has 0 amide bonds. The maximum Gasteiger partial charge on any atom is 0.155 e. The van der Waals surface area contributed by atoms with Crippen LogP contribution in [0.25, 0.3) is 55.6 Å². The van der Waals surface area contributed by atoms with Crippen LogP contribution in [0.4, 0.5) is 4.39 Å². The van der Waals surface area contributed by atoms with Crippen molar-refractivity contribution in [2.45, 2.75) is 32.2 Å². The number of aromatic hydroxyl groups is 1. The summed E-state index contributed by atoms with van der Waals surface area (Å²) in [5.74, 6) is 0.144. The lowest BCUT2D eigenvalue weighted by atomic mass is 10.0. The first-order valence-corrected chi connectivity index (χ1v) is 13.6. The van der Waals surface area contributed by atoms with E-state index in [1.54, 1.807) is 12.4 Å². The third-order valence-corrected chi connectivity index (χ3v) is 7.78. The van der Waals surface area contributed by atoms with Gasteiger partial charge in [-0.2, -0.15) is 5.10 Å². The van der Waals surface area contributed by atoms with Gasteiger partial charge in [-0.3, -0.25) is 15.1 Å². The number of hydrogen-bond donors (Lipinski definition) is 4. The molecule has 5 aromatic heterocycles. The first-order chi connectivity index (χ1) is 19.6. The second-order valence-corrected chi connectivity index (χ2v) is 10.6. The summed E-state index contributed by atoms with van der Waals surface area (Å²) in [6.45, 7) is 1.84. The molecule has 200 valence electrons. The number of fused-ring (bicyclic) bond motifs is 2. The molecule has 1 saturated carbocycles. The van der Waals surface area contributed by atoms with E-state index in [9.17, 15) is 9.50 Å². The summed E-state index contributed by atoms with van der Waals surface area (Å²) in [6, 6.07) is 10.2. The standard InChI is InChI=1S/C31H28FN7O/c32-23-6-20(7-24(40)9-23)27-16-35-17-29-25(27)10-28(37-29)30-26-8-22(15-36-31(26)39-38-30)21-5-19(13-34-14-21)12-33-11-18-3-1-2-4-18/h5-10,13-18,33,37,40H,1-4,11-12H2,(H,36,38,39). The van der Waals surface area contributed by atoms with E-state index < -0.39 is 5.82 Å². The average molecular weight is 534 g/mol. The molecule has 9 heteroatoms. The van der Waals surface area contributed by atoms with Gasteiger partial charge < -0.3 is 15.4 Å². The molecular weight excluding hydrogens is 505 g/mol. The number of nitrogens with zero attached hydrogens (tertiary/aromatic N) is 4. The third-order valence-electron chi connectivity index (χ3n) is 7.78. The minimum atomic E-state index is -0.511. The molecule has 0 bridgehead atoms. The number of aromatic nitrogens is 6. The van der Waals surface area contributed by atoms with Gasteiger partial charge >= 0.3 is 0 Å². The number of hydrogen-bond acceptors (Lipinski definition) is 6. The summed E-state index contributed by atoms with van der Waals surface area (Å²) in [6.07, 6.45) is 14.3. The minimum Gasteiger partial charge on any atom is -0.508 e. The molecule has 0 radical (unpaired) electrons. The lowest BCUT2D eigenvalue weighted by Crippen LogP contribution is -2.20. The average Bonchev–Trinajstić information content (AvgIpc) is 3.71. The molecular formula is C31H28FN7O. The lowest BCUT2D eigenvalue weighted by Gasteiger charge is -2.11. The Balaban J connectivity index is 1.21. The van der Waals surface area contributed by atoms with Crippen LogP contribution in [0.3, 0.4) is 0 Å². The van der Waals surface area contributed by atoms with E-state index in [2.05, 4.69) is 47.6 Å². The summed E-state index contributed by atoms with van der Waals surface area (Å²) in [5.41, 5.74) is 7.28. The highest BCUT2D eigenvalue weighted by Crippen LogP contribution is 2.35. The van der Waals surface area contributed by atoms with Crippen molar-refractivity contribution in [3.8, 4) is 39.4 Å². The number of H-pyrrole nitrogens is 2. The van der Waals surface area contributed by atoms with Crippen LogP contribution in [0.2, 0.25) is 0 Å². The van der Waals surface area contributed by atoms with Crippen LogP contribution < -0.4 is 5.32 Å². The molecule has 0 unspecified atom stereocenters. The molecule has 0 spiro atoms. The van der Waals surface area contributed by atoms with Crippen LogP contribution in [0, 0.1) is 11.7 Å². The zero-order valence-electron chi connectivity index (χ0n) is 21.8. The highest BCUT2D eigenvalue weighted by atomic mass is 19.1. The maximum absolute atomic E-state index is 14.0. The lowest BCUT2D eigenvalue weighted by molar-refractivity contribution is 0.469. The molecule has 6 aromatic rings. The fourth-order valence-electron chi connectivity index (χ4n) is 5.78. The highest BCUT2D eigenvalue weighted by molar-refractivity contribution is 6.00. The summed E-state index contributed by atoms with van der Waals surface area (Å²) < 4.78 is 14.0. The SMILES string of the molecule is Oc1cc(F)cc(-c2cncc3[nH]c(-c4n[nH]c5ncc(-c6cncc(CNCC7CCCC7)c6)cc45)cc23)c1. The van der Waals surface area contributed by atoms with Crippen molar-refractivity contribution in [1.29, 1.82) is 0 Å². The van der Waals surface area contributed by atoms with Crippen LogP contribution >= 0.6 is 0 Å². The number of rotatable bonds is 7. The number of pyridine rings is 3. The van der Waals surface area contributed by atoms with E-state index in [1.165, 1.54) is 37.8 Å². The van der Waals surface area contributed by atoms with E-state index in [0.29, 0.717) is 16.8 Å². The smallest absolute Gasteiger partial charge is 0.155 e. The monoisotopic (exact) mass is 533 g/mol. The Morgan fingerprint density at radius 3 is 2.60 bits per heavy atom. The van der Waals surface area contributed by atoms with Crippen LogP contribution in [-0.2, 0) is 6.54 Å². The largest absolute Gasteiger partial charge is 0.508 e. The summed E-state index contributed by atoms with van der Waals surface area (Å²) in [5, 5.41) is 22.8. The second kappa shape index (κ2) is 10.2. The van der Waals surface area contributed by atoms with Crippen molar-refractivity contribution >= 4 is 21.9 Å². The number of nitrogens with one attached hydrogen (secondary N) is 3. The van der Waals surface area contributed by atoms with Crippen LogP contribution in [0.1, 0.15) is 31.2 Å². The van der Waals surface area contributed by atoms with Gasteiger partial charge in [-0.05, 0) is 66.8 Å². The molecule has 7 rings (SSSR count). The maximum atomic E-state index is 14.0. The second-order valence-electron chi connectivity index (χ2n) is 10.6. The Kier molecular flexibility index (Phi) is 6.20. The van der Waals surface area contributed by atoms with E-state index in [-0.39, 0.29) is 5.75 Å². The summed E-state index contributed by atoms with van der Waals surface area (Å²) in [4.78, 5) is 16.8. The molecule has 40 heavy (non-hydrogen) atoms. The van der Waals surface area contributed by atoms with Crippen molar-refractivity contribution in [3.63, 3.8) is 0 Å². The van der Waals surface area contributed by atoms with Gasteiger partial charge in [0.25, 0.3) is 0 Å². The predicted molar refractivity (Wildman–Crippen MR) is 153 cm³/mol.